The van der Waals surface area contributed by atoms with Gasteiger partial charge in [0.2, 0.25) is 0 Å². The molecule has 0 heterocycles. The van der Waals surface area contributed by atoms with Crippen LogP contribution in [0.25, 0.3) is 121 Å². The summed E-state index contributed by atoms with van der Waals surface area (Å²) in [6, 6.07) is 89.2. The SMILES string of the molecule is c1ccc(-c2c3ccccc3c(-c3cccc(-c4ccc(-c5cccc(-c6c7ccccc7c(-c7ccccc7)c7ccccc67)c5)c5ccccc45)c3)c3ccccc23)cc1. The van der Waals surface area contributed by atoms with Gasteiger partial charge in [-0.15, -0.1) is 0 Å². The van der Waals surface area contributed by atoms with Gasteiger partial charge in [-0.1, -0.05) is 231 Å². The van der Waals surface area contributed by atoms with E-state index in [-0.39, 0.29) is 0 Å². The maximum atomic E-state index is 2.40. The fourth-order valence-electron chi connectivity index (χ4n) is 10.2. The van der Waals surface area contributed by atoms with Crippen LogP contribution in [0.3, 0.4) is 0 Å². The Hall–Kier alpha value is -8.06. The molecule has 0 saturated carbocycles. The zero-order valence-corrected chi connectivity index (χ0v) is 34.1. The fourth-order valence-corrected chi connectivity index (χ4v) is 10.2. The van der Waals surface area contributed by atoms with E-state index in [1.807, 2.05) is 0 Å². The highest BCUT2D eigenvalue weighted by atomic mass is 14.2. The summed E-state index contributed by atoms with van der Waals surface area (Å²) in [5.41, 5.74) is 14.9. The molecular formula is C62H40. The Morgan fingerprint density at radius 1 is 0.145 bits per heavy atom. The highest BCUT2D eigenvalue weighted by molar-refractivity contribution is 6.23. The van der Waals surface area contributed by atoms with E-state index < -0.39 is 0 Å². The van der Waals surface area contributed by atoms with Gasteiger partial charge in [0.25, 0.3) is 0 Å². The molecule has 0 N–H and O–H groups in total. The maximum Gasteiger partial charge on any atom is -0.00262 e. The molecule has 0 amide bonds. The third-order valence-corrected chi connectivity index (χ3v) is 12.8. The first-order valence-electron chi connectivity index (χ1n) is 21.5. The predicted octanol–water partition coefficient (Wildman–Crippen LogP) is 17.5. The van der Waals surface area contributed by atoms with Gasteiger partial charge < -0.3 is 0 Å². The molecule has 0 aliphatic rings. The van der Waals surface area contributed by atoms with E-state index in [2.05, 4.69) is 243 Å². The predicted molar refractivity (Wildman–Crippen MR) is 267 cm³/mol. The van der Waals surface area contributed by atoms with Gasteiger partial charge in [-0.05, 0) is 133 Å². The molecule has 62 heavy (non-hydrogen) atoms. The van der Waals surface area contributed by atoms with Gasteiger partial charge in [-0.25, -0.2) is 0 Å². The molecule has 288 valence electrons. The first-order chi connectivity index (χ1) is 30.8. The highest BCUT2D eigenvalue weighted by Crippen LogP contribution is 2.47. The van der Waals surface area contributed by atoms with Crippen molar-refractivity contribution < 1.29 is 0 Å². The molecule has 0 aliphatic heterocycles. The Labute approximate surface area is 361 Å². The molecule has 0 radical (unpaired) electrons. The Morgan fingerprint density at radius 3 is 0.677 bits per heavy atom. The zero-order chi connectivity index (χ0) is 41.0. The number of benzene rings is 12. The van der Waals surface area contributed by atoms with Crippen molar-refractivity contribution >= 4 is 53.9 Å². The third-order valence-electron chi connectivity index (χ3n) is 12.8. The molecule has 12 aromatic rings. The zero-order valence-electron chi connectivity index (χ0n) is 34.1. The Morgan fingerprint density at radius 2 is 0.371 bits per heavy atom. The van der Waals surface area contributed by atoms with E-state index in [1.54, 1.807) is 0 Å². The molecule has 0 spiro atoms. The fraction of sp³-hybridized carbons (Fsp3) is 0. The van der Waals surface area contributed by atoms with Crippen LogP contribution in [-0.2, 0) is 0 Å². The summed E-state index contributed by atoms with van der Waals surface area (Å²) in [6.07, 6.45) is 0. The van der Waals surface area contributed by atoms with Crippen molar-refractivity contribution in [2.75, 3.05) is 0 Å². The second kappa shape index (κ2) is 14.9. The molecule has 0 saturated heterocycles. The first-order valence-corrected chi connectivity index (χ1v) is 21.5. The average Bonchev–Trinajstić information content (AvgIpc) is 3.35. The van der Waals surface area contributed by atoms with E-state index in [1.165, 1.54) is 121 Å². The van der Waals surface area contributed by atoms with E-state index >= 15 is 0 Å². The van der Waals surface area contributed by atoms with Crippen LogP contribution in [-0.4, -0.2) is 0 Å². The molecule has 0 atom stereocenters. The summed E-state index contributed by atoms with van der Waals surface area (Å²) in [5, 5.41) is 12.6. The minimum atomic E-state index is 1.20. The molecule has 0 heteroatoms. The summed E-state index contributed by atoms with van der Waals surface area (Å²) in [4.78, 5) is 0. The van der Waals surface area contributed by atoms with Gasteiger partial charge in [0, 0.05) is 0 Å². The molecule has 0 aromatic heterocycles. The van der Waals surface area contributed by atoms with Gasteiger partial charge >= 0.3 is 0 Å². The van der Waals surface area contributed by atoms with Crippen LogP contribution in [0.4, 0.5) is 0 Å². The summed E-state index contributed by atoms with van der Waals surface area (Å²) in [6.45, 7) is 0. The van der Waals surface area contributed by atoms with E-state index in [4.69, 9.17) is 0 Å². The van der Waals surface area contributed by atoms with Gasteiger partial charge in [0.1, 0.15) is 0 Å². The molecule has 0 nitrogen and oxygen atoms in total. The molecule has 0 fully saturated rings. The largest absolute Gasteiger partial charge is 0.0622 e. The van der Waals surface area contributed by atoms with Crippen molar-refractivity contribution in [3.05, 3.63) is 243 Å². The van der Waals surface area contributed by atoms with Gasteiger partial charge in [0.05, 0.1) is 0 Å². The molecule has 0 aliphatic carbocycles. The Kier molecular flexibility index (Phi) is 8.61. The van der Waals surface area contributed by atoms with E-state index in [0.717, 1.165) is 0 Å². The molecule has 0 unspecified atom stereocenters. The number of hydrogen-bond donors (Lipinski definition) is 0. The second-order valence-corrected chi connectivity index (χ2v) is 16.3. The highest BCUT2D eigenvalue weighted by Gasteiger charge is 2.19. The third kappa shape index (κ3) is 5.84. The normalized spacial score (nSPS) is 11.5. The lowest BCUT2D eigenvalue weighted by atomic mass is 9.84. The minimum absolute atomic E-state index is 1.20. The van der Waals surface area contributed by atoms with Crippen LogP contribution in [0.15, 0.2) is 243 Å². The standard InChI is InChI=1S/C62H40/c1-3-19-41(20-4-1)59-51-29-9-13-33-55(51)61(56-34-14-10-30-52(56)59)45-25-17-23-43(39-45)47-37-38-48(50-28-8-7-27-49(47)50)44-24-18-26-46(40-44)62-57-35-15-11-31-53(57)60(42-21-5-2-6-22-42)54-32-12-16-36-58(54)62/h1-40H. The first kappa shape index (κ1) is 35.8. The lowest BCUT2D eigenvalue weighted by Crippen LogP contribution is -1.92. The van der Waals surface area contributed by atoms with Gasteiger partial charge in [0.15, 0.2) is 0 Å². The van der Waals surface area contributed by atoms with Crippen molar-refractivity contribution in [1.29, 1.82) is 0 Å². The number of hydrogen-bond acceptors (Lipinski definition) is 0. The lowest BCUT2D eigenvalue weighted by Gasteiger charge is -2.19. The van der Waals surface area contributed by atoms with Crippen molar-refractivity contribution in [3.63, 3.8) is 0 Å². The smallest absolute Gasteiger partial charge is 0.00262 e. The lowest BCUT2D eigenvalue weighted by molar-refractivity contribution is 1.61. The maximum absolute atomic E-state index is 2.40. The van der Waals surface area contributed by atoms with Crippen LogP contribution in [0.5, 0.6) is 0 Å². The van der Waals surface area contributed by atoms with Gasteiger partial charge in [-0.3, -0.25) is 0 Å². The van der Waals surface area contributed by atoms with Crippen molar-refractivity contribution in [3.8, 4) is 66.8 Å². The van der Waals surface area contributed by atoms with Crippen molar-refractivity contribution in [2.24, 2.45) is 0 Å². The summed E-state index contributed by atoms with van der Waals surface area (Å²) < 4.78 is 0. The van der Waals surface area contributed by atoms with Crippen LogP contribution in [0.2, 0.25) is 0 Å². The Balaban J connectivity index is 1.01. The van der Waals surface area contributed by atoms with Crippen LogP contribution >= 0.6 is 0 Å². The van der Waals surface area contributed by atoms with Crippen molar-refractivity contribution in [2.45, 2.75) is 0 Å². The quantitative estimate of drug-likeness (QED) is 0.147. The minimum Gasteiger partial charge on any atom is -0.0622 e. The topological polar surface area (TPSA) is 0 Å². The molecule has 0 bridgehead atoms. The summed E-state index contributed by atoms with van der Waals surface area (Å²) in [5.74, 6) is 0. The number of rotatable bonds is 6. The van der Waals surface area contributed by atoms with Crippen LogP contribution in [0.1, 0.15) is 0 Å². The van der Waals surface area contributed by atoms with Crippen LogP contribution < -0.4 is 0 Å². The number of fused-ring (bicyclic) bond motifs is 5. The summed E-state index contributed by atoms with van der Waals surface area (Å²) >= 11 is 0. The van der Waals surface area contributed by atoms with E-state index in [9.17, 15) is 0 Å². The summed E-state index contributed by atoms with van der Waals surface area (Å²) in [7, 11) is 0. The Bertz CT molecular complexity index is 3310. The molecule has 12 aromatic carbocycles. The second-order valence-electron chi connectivity index (χ2n) is 16.3. The van der Waals surface area contributed by atoms with E-state index in [0.29, 0.717) is 0 Å². The average molecular weight is 785 g/mol. The monoisotopic (exact) mass is 784 g/mol. The van der Waals surface area contributed by atoms with Crippen molar-refractivity contribution in [1.82, 2.24) is 0 Å². The van der Waals surface area contributed by atoms with Crippen LogP contribution in [0, 0.1) is 0 Å². The molecular weight excluding hydrogens is 745 g/mol. The molecule has 12 rings (SSSR count). The van der Waals surface area contributed by atoms with Gasteiger partial charge in [-0.2, -0.15) is 0 Å².